The van der Waals surface area contributed by atoms with Crippen molar-refractivity contribution in [3.8, 4) is 22.9 Å². The Balaban J connectivity index is 1.46. The fraction of sp³-hybridized carbons (Fsp3) is 0.237. The van der Waals surface area contributed by atoms with Crippen LogP contribution in [0.1, 0.15) is 54.7 Å². The lowest BCUT2D eigenvalue weighted by molar-refractivity contribution is 0.0723. The van der Waals surface area contributed by atoms with Crippen LogP contribution in [0.15, 0.2) is 103 Å². The molecule has 4 heterocycles. The number of rotatable bonds is 9. The van der Waals surface area contributed by atoms with E-state index in [9.17, 15) is 4.79 Å². The van der Waals surface area contributed by atoms with Crippen LogP contribution in [-0.4, -0.2) is 47.1 Å². The van der Waals surface area contributed by atoms with Gasteiger partial charge in [0.05, 0.1) is 11.4 Å². The second-order valence-corrected chi connectivity index (χ2v) is 11.4. The molecule has 0 saturated carbocycles. The number of hydrazine groups is 1. The molecule has 0 unspecified atom stereocenters. The highest BCUT2D eigenvalue weighted by Gasteiger charge is 2.57. The Hall–Kier alpha value is -5.37. The quantitative estimate of drug-likeness (QED) is 0.183. The van der Waals surface area contributed by atoms with E-state index in [0.29, 0.717) is 17.1 Å². The molecule has 0 saturated heterocycles. The van der Waals surface area contributed by atoms with E-state index in [-0.39, 0.29) is 5.91 Å². The molecule has 1 N–H and O–H groups in total. The van der Waals surface area contributed by atoms with Gasteiger partial charge in [0.25, 0.3) is 5.91 Å². The predicted molar refractivity (Wildman–Crippen MR) is 184 cm³/mol. The highest BCUT2D eigenvalue weighted by atomic mass is 16.5. The van der Waals surface area contributed by atoms with Gasteiger partial charge < -0.3 is 14.5 Å². The van der Waals surface area contributed by atoms with Gasteiger partial charge in [-0.15, -0.1) is 0 Å². The zero-order valence-electron chi connectivity index (χ0n) is 26.7. The van der Waals surface area contributed by atoms with E-state index in [1.807, 2.05) is 54.6 Å². The van der Waals surface area contributed by atoms with Crippen LogP contribution in [0.5, 0.6) is 11.5 Å². The lowest BCUT2D eigenvalue weighted by Gasteiger charge is -2.44. The van der Waals surface area contributed by atoms with E-state index < -0.39 is 5.54 Å². The molecule has 5 aromatic rings. The highest BCUT2D eigenvalue weighted by molar-refractivity contribution is 6.03. The van der Waals surface area contributed by atoms with Crippen LogP contribution in [0, 0.1) is 0 Å². The monoisotopic (exact) mass is 610 g/mol. The fourth-order valence-electron chi connectivity index (χ4n) is 6.94. The van der Waals surface area contributed by atoms with Gasteiger partial charge in [-0.2, -0.15) is 0 Å². The Kier molecular flexibility index (Phi) is 7.56. The van der Waals surface area contributed by atoms with Gasteiger partial charge in [0.15, 0.2) is 0 Å². The number of aromatic nitrogens is 2. The van der Waals surface area contributed by atoms with Crippen molar-refractivity contribution in [3.63, 3.8) is 0 Å². The first-order valence-corrected chi connectivity index (χ1v) is 16.1. The summed E-state index contributed by atoms with van der Waals surface area (Å²) in [6, 6.07) is 32.1. The molecule has 0 atom stereocenters. The lowest BCUT2D eigenvalue weighted by Crippen LogP contribution is -2.50. The third-order valence-electron chi connectivity index (χ3n) is 9.18. The summed E-state index contributed by atoms with van der Waals surface area (Å²) in [7, 11) is 0. The standard InChI is InChI=1S/C38H38N6O2/c1-5-42(6-2)26-19-21-30-34(24-26)46-35-25-27(43(7-3)8-4)20-22-31(35)38(30)29-15-10-9-14-28(29)37(45)44(38)41-36-18-13-17-33(40-36)32-16-11-12-23-39-32/h9-25H,5-8H2,1-4H3,(H,40,41). The average molecular weight is 611 g/mol. The summed E-state index contributed by atoms with van der Waals surface area (Å²) in [5.41, 5.74) is 9.37. The van der Waals surface area contributed by atoms with Crippen molar-refractivity contribution in [1.82, 2.24) is 15.0 Å². The highest BCUT2D eigenvalue weighted by Crippen LogP contribution is 2.58. The van der Waals surface area contributed by atoms with Crippen molar-refractivity contribution in [3.05, 3.63) is 126 Å². The summed E-state index contributed by atoms with van der Waals surface area (Å²) in [6.45, 7) is 12.1. The maximum atomic E-state index is 14.6. The molecule has 0 fully saturated rings. The number of fused-ring (bicyclic) bond motifs is 6. The molecule has 8 nitrogen and oxygen atoms in total. The van der Waals surface area contributed by atoms with Gasteiger partial charge in [-0.05, 0) is 70.2 Å². The number of carbonyl (C=O) groups excluding carboxylic acids is 1. The second-order valence-electron chi connectivity index (χ2n) is 11.4. The van der Waals surface area contributed by atoms with Crippen molar-refractivity contribution in [2.45, 2.75) is 33.2 Å². The Labute approximate surface area is 270 Å². The zero-order chi connectivity index (χ0) is 31.8. The molecule has 7 rings (SSSR count). The minimum atomic E-state index is -1.02. The number of hydrogen-bond acceptors (Lipinski definition) is 7. The number of nitrogens with one attached hydrogen (secondary N) is 1. The topological polar surface area (TPSA) is 73.8 Å². The number of hydrogen-bond donors (Lipinski definition) is 1. The minimum Gasteiger partial charge on any atom is -0.456 e. The fourth-order valence-corrected chi connectivity index (χ4v) is 6.94. The van der Waals surface area contributed by atoms with E-state index in [4.69, 9.17) is 9.72 Å². The van der Waals surface area contributed by atoms with E-state index in [2.05, 4.69) is 90.4 Å². The summed E-state index contributed by atoms with van der Waals surface area (Å²) >= 11 is 0. The van der Waals surface area contributed by atoms with Gasteiger partial charge in [-0.3, -0.25) is 15.2 Å². The molecule has 2 aromatic heterocycles. The van der Waals surface area contributed by atoms with Crippen LogP contribution >= 0.6 is 0 Å². The van der Waals surface area contributed by atoms with E-state index in [1.54, 1.807) is 11.2 Å². The zero-order valence-corrected chi connectivity index (χ0v) is 26.7. The van der Waals surface area contributed by atoms with Gasteiger partial charge in [0.2, 0.25) is 0 Å². The molecule has 2 aliphatic rings. The Morgan fingerprint density at radius 2 is 1.30 bits per heavy atom. The molecule has 0 bridgehead atoms. The van der Waals surface area contributed by atoms with Crippen LogP contribution < -0.4 is 20.0 Å². The van der Waals surface area contributed by atoms with Crippen molar-refractivity contribution in [2.75, 3.05) is 41.4 Å². The maximum Gasteiger partial charge on any atom is 0.274 e. The molecule has 1 spiro atoms. The number of pyridine rings is 2. The number of anilines is 3. The largest absolute Gasteiger partial charge is 0.456 e. The normalized spacial score (nSPS) is 13.9. The van der Waals surface area contributed by atoms with Gasteiger partial charge in [-0.1, -0.05) is 42.5 Å². The third-order valence-corrected chi connectivity index (χ3v) is 9.18. The second kappa shape index (κ2) is 11.9. The van der Waals surface area contributed by atoms with Crippen LogP contribution in [0.4, 0.5) is 17.2 Å². The maximum absolute atomic E-state index is 14.6. The van der Waals surface area contributed by atoms with E-state index >= 15 is 0 Å². The smallest absolute Gasteiger partial charge is 0.274 e. The van der Waals surface area contributed by atoms with Crippen LogP contribution in [0.3, 0.4) is 0 Å². The van der Waals surface area contributed by atoms with Crippen LogP contribution in [-0.2, 0) is 5.54 Å². The van der Waals surface area contributed by atoms with Crippen molar-refractivity contribution >= 4 is 23.1 Å². The van der Waals surface area contributed by atoms with Crippen LogP contribution in [0.2, 0.25) is 0 Å². The molecule has 0 aliphatic carbocycles. The van der Waals surface area contributed by atoms with Crippen molar-refractivity contribution in [1.29, 1.82) is 0 Å². The summed E-state index contributed by atoms with van der Waals surface area (Å²) in [5.74, 6) is 1.85. The number of benzene rings is 3. The van der Waals surface area contributed by atoms with Crippen molar-refractivity contribution in [2.24, 2.45) is 0 Å². The van der Waals surface area contributed by atoms with E-state index in [1.165, 1.54) is 0 Å². The Morgan fingerprint density at radius 1 is 0.696 bits per heavy atom. The molecule has 2 aliphatic heterocycles. The summed E-state index contributed by atoms with van der Waals surface area (Å²) < 4.78 is 6.81. The predicted octanol–water partition coefficient (Wildman–Crippen LogP) is 7.72. The lowest BCUT2D eigenvalue weighted by atomic mass is 9.75. The molecular weight excluding hydrogens is 572 g/mol. The molecule has 1 amide bonds. The van der Waals surface area contributed by atoms with Gasteiger partial charge in [0, 0.05) is 78.1 Å². The first kappa shape index (κ1) is 29.3. The van der Waals surface area contributed by atoms with E-state index in [0.717, 1.165) is 71.4 Å². The number of amides is 1. The average Bonchev–Trinajstić information content (AvgIpc) is 3.34. The number of carbonyl (C=O) groups is 1. The van der Waals surface area contributed by atoms with Gasteiger partial charge in [0.1, 0.15) is 22.9 Å². The minimum absolute atomic E-state index is 0.139. The molecule has 232 valence electrons. The van der Waals surface area contributed by atoms with Crippen LogP contribution in [0.25, 0.3) is 11.4 Å². The third kappa shape index (κ3) is 4.55. The first-order chi connectivity index (χ1) is 22.5. The molecule has 0 radical (unpaired) electrons. The Bertz CT molecular complexity index is 1840. The van der Waals surface area contributed by atoms with Crippen molar-refractivity contribution < 1.29 is 9.53 Å². The summed E-state index contributed by atoms with van der Waals surface area (Å²) in [6.07, 6.45) is 1.75. The first-order valence-electron chi connectivity index (χ1n) is 16.1. The SMILES string of the molecule is CCN(CC)c1ccc2c(c1)Oc1cc(N(CC)CC)ccc1C21c2ccccc2C(=O)N1Nc1cccc(-c2ccccn2)n1. The number of ether oxygens (including phenoxy) is 1. The summed E-state index contributed by atoms with van der Waals surface area (Å²) in [4.78, 5) is 28.5. The Morgan fingerprint density at radius 3 is 1.91 bits per heavy atom. The molecule has 46 heavy (non-hydrogen) atoms. The number of nitrogens with zero attached hydrogens (tertiary/aromatic N) is 5. The van der Waals surface area contributed by atoms with Gasteiger partial charge >= 0.3 is 0 Å². The van der Waals surface area contributed by atoms with Gasteiger partial charge in [-0.25, -0.2) is 9.99 Å². The molecule has 3 aromatic carbocycles. The summed E-state index contributed by atoms with van der Waals surface area (Å²) in [5, 5.41) is 1.75. The molecule has 8 heteroatoms. The molecular formula is C38H38N6O2.